The highest BCUT2D eigenvalue weighted by molar-refractivity contribution is 5.78. The Morgan fingerprint density at radius 1 is 1.11 bits per heavy atom. The minimum Gasteiger partial charge on any atom is -0.481 e. The molecule has 108 valence electrons. The van der Waals surface area contributed by atoms with Gasteiger partial charge in [-0.05, 0) is 24.2 Å². The van der Waals surface area contributed by atoms with Gasteiger partial charge in [-0.2, -0.15) is 0 Å². The van der Waals surface area contributed by atoms with Crippen molar-refractivity contribution in [1.29, 1.82) is 0 Å². The van der Waals surface area contributed by atoms with Gasteiger partial charge in [0.05, 0.1) is 13.0 Å². The predicted octanol–water partition coefficient (Wildman–Crippen LogP) is 0.897. The van der Waals surface area contributed by atoms with E-state index in [-0.39, 0.29) is 18.2 Å². The van der Waals surface area contributed by atoms with Crippen molar-refractivity contribution < 1.29 is 14.7 Å². The lowest BCUT2D eigenvalue weighted by Gasteiger charge is -2.41. The molecule has 0 bridgehead atoms. The van der Waals surface area contributed by atoms with E-state index in [0.29, 0.717) is 18.4 Å². The predicted molar refractivity (Wildman–Crippen MR) is 71.7 cm³/mol. The van der Waals surface area contributed by atoms with Gasteiger partial charge in [-0.25, -0.2) is 0 Å². The van der Waals surface area contributed by atoms with E-state index in [1.165, 1.54) is 6.42 Å². The van der Waals surface area contributed by atoms with Crippen LogP contribution in [0.3, 0.4) is 0 Å². The summed E-state index contributed by atoms with van der Waals surface area (Å²) in [5.74, 6) is 0.860. The molecule has 2 aliphatic rings. The van der Waals surface area contributed by atoms with Crippen molar-refractivity contribution in [2.45, 2.75) is 26.7 Å². The fraction of sp³-hybridized carbons (Fsp3) is 0.857. The van der Waals surface area contributed by atoms with Gasteiger partial charge in [0.25, 0.3) is 0 Å². The Labute approximate surface area is 114 Å². The van der Waals surface area contributed by atoms with Crippen LogP contribution in [0.2, 0.25) is 0 Å². The number of carbonyl (C=O) groups excluding carboxylic acids is 1. The number of nitrogens with zero attached hydrogens (tertiary/aromatic N) is 2. The largest absolute Gasteiger partial charge is 0.481 e. The number of hydrogen-bond donors (Lipinski definition) is 1. The van der Waals surface area contributed by atoms with Crippen molar-refractivity contribution in [3.8, 4) is 0 Å². The lowest BCUT2D eigenvalue weighted by Crippen LogP contribution is -2.53. The molecule has 0 aromatic heterocycles. The van der Waals surface area contributed by atoms with Gasteiger partial charge < -0.3 is 10.0 Å². The lowest BCUT2D eigenvalue weighted by molar-refractivity contribution is -0.140. The van der Waals surface area contributed by atoms with Crippen molar-refractivity contribution in [3.63, 3.8) is 0 Å². The van der Waals surface area contributed by atoms with Crippen LogP contribution in [0.15, 0.2) is 0 Å². The fourth-order valence-corrected chi connectivity index (χ4v) is 3.34. The van der Waals surface area contributed by atoms with E-state index in [0.717, 1.165) is 26.2 Å². The summed E-state index contributed by atoms with van der Waals surface area (Å²) in [6.07, 6.45) is 1.43. The van der Waals surface area contributed by atoms with E-state index >= 15 is 0 Å². The van der Waals surface area contributed by atoms with Crippen LogP contribution >= 0.6 is 0 Å². The Kier molecular flexibility index (Phi) is 4.45. The van der Waals surface area contributed by atoms with Crippen LogP contribution < -0.4 is 0 Å². The van der Waals surface area contributed by atoms with E-state index in [1.807, 2.05) is 4.90 Å². The normalized spacial score (nSPS) is 29.1. The van der Waals surface area contributed by atoms with Crippen LogP contribution in [-0.4, -0.2) is 59.5 Å². The first-order chi connectivity index (χ1) is 8.94. The van der Waals surface area contributed by atoms with E-state index < -0.39 is 5.97 Å². The number of hydrogen-bond acceptors (Lipinski definition) is 3. The summed E-state index contributed by atoms with van der Waals surface area (Å²) in [4.78, 5) is 26.8. The van der Waals surface area contributed by atoms with Gasteiger partial charge in [0, 0.05) is 26.2 Å². The topological polar surface area (TPSA) is 60.9 Å². The molecule has 1 N–H and O–H groups in total. The first kappa shape index (κ1) is 14.3. The van der Waals surface area contributed by atoms with Crippen molar-refractivity contribution in [2.24, 2.45) is 17.8 Å². The summed E-state index contributed by atoms with van der Waals surface area (Å²) >= 11 is 0. The molecule has 0 saturated carbocycles. The van der Waals surface area contributed by atoms with E-state index in [9.17, 15) is 9.59 Å². The van der Waals surface area contributed by atoms with Crippen LogP contribution in [-0.2, 0) is 9.59 Å². The maximum atomic E-state index is 12.2. The summed E-state index contributed by atoms with van der Waals surface area (Å²) in [7, 11) is 0. The highest BCUT2D eigenvalue weighted by Gasteiger charge is 2.32. The highest BCUT2D eigenvalue weighted by atomic mass is 16.4. The molecule has 5 nitrogen and oxygen atoms in total. The number of carboxylic acid groups (broad SMARTS) is 1. The Hall–Kier alpha value is -1.10. The third-order valence-electron chi connectivity index (χ3n) is 4.08. The first-order valence-corrected chi connectivity index (χ1v) is 7.16. The highest BCUT2D eigenvalue weighted by Crippen LogP contribution is 2.23. The quantitative estimate of drug-likeness (QED) is 0.823. The van der Waals surface area contributed by atoms with E-state index in [2.05, 4.69) is 18.7 Å². The summed E-state index contributed by atoms with van der Waals surface area (Å²) in [6, 6.07) is 0. The molecule has 2 heterocycles. The number of rotatable bonds is 4. The summed E-state index contributed by atoms with van der Waals surface area (Å²) < 4.78 is 0. The maximum absolute atomic E-state index is 12.2. The Morgan fingerprint density at radius 3 is 2.21 bits per heavy atom. The third kappa shape index (κ3) is 3.93. The van der Waals surface area contributed by atoms with Crippen LogP contribution in [0.1, 0.15) is 26.7 Å². The summed E-state index contributed by atoms with van der Waals surface area (Å²) in [5, 5.41) is 8.69. The van der Waals surface area contributed by atoms with E-state index in [4.69, 9.17) is 5.11 Å². The van der Waals surface area contributed by atoms with Crippen molar-refractivity contribution >= 4 is 11.9 Å². The number of carbonyl (C=O) groups is 2. The minimum absolute atomic E-state index is 0.201. The number of carboxylic acids is 1. The second-order valence-electron chi connectivity index (χ2n) is 6.40. The number of likely N-dealkylation sites (tertiary alicyclic amines) is 2. The fourth-order valence-electron chi connectivity index (χ4n) is 3.34. The van der Waals surface area contributed by atoms with Gasteiger partial charge in [0.15, 0.2) is 0 Å². The Morgan fingerprint density at radius 2 is 1.68 bits per heavy atom. The van der Waals surface area contributed by atoms with Gasteiger partial charge in [-0.1, -0.05) is 13.8 Å². The third-order valence-corrected chi connectivity index (χ3v) is 4.08. The second kappa shape index (κ2) is 5.90. The van der Waals surface area contributed by atoms with Gasteiger partial charge in [-0.15, -0.1) is 0 Å². The molecule has 2 unspecified atom stereocenters. The van der Waals surface area contributed by atoms with Crippen molar-refractivity contribution in [3.05, 3.63) is 0 Å². The second-order valence-corrected chi connectivity index (χ2v) is 6.40. The molecule has 2 atom stereocenters. The molecule has 2 rings (SSSR count). The molecule has 1 amide bonds. The zero-order valence-corrected chi connectivity index (χ0v) is 11.8. The molecule has 2 saturated heterocycles. The van der Waals surface area contributed by atoms with Gasteiger partial charge in [0.2, 0.25) is 5.91 Å². The van der Waals surface area contributed by atoms with Gasteiger partial charge in [-0.3, -0.25) is 14.5 Å². The molecule has 0 aliphatic carbocycles. The minimum atomic E-state index is -0.741. The zero-order chi connectivity index (χ0) is 14.0. The average Bonchev–Trinajstić information content (AvgIpc) is 2.23. The summed E-state index contributed by atoms with van der Waals surface area (Å²) in [5.41, 5.74) is 0. The van der Waals surface area contributed by atoms with Crippen LogP contribution in [0, 0.1) is 17.8 Å². The number of aliphatic carboxylic acids is 1. The molecule has 0 aromatic carbocycles. The molecule has 0 aromatic rings. The summed E-state index contributed by atoms with van der Waals surface area (Å²) in [6.45, 7) is 8.08. The lowest BCUT2D eigenvalue weighted by atomic mass is 9.91. The van der Waals surface area contributed by atoms with Gasteiger partial charge >= 0.3 is 5.97 Å². The number of amides is 1. The average molecular weight is 268 g/mol. The van der Waals surface area contributed by atoms with Crippen LogP contribution in [0.5, 0.6) is 0 Å². The molecule has 0 radical (unpaired) electrons. The van der Waals surface area contributed by atoms with Crippen LogP contribution in [0.25, 0.3) is 0 Å². The molecular formula is C14H24N2O3. The molecule has 2 fully saturated rings. The zero-order valence-electron chi connectivity index (χ0n) is 11.8. The van der Waals surface area contributed by atoms with Gasteiger partial charge in [0.1, 0.15) is 0 Å². The Balaban J connectivity index is 1.72. The van der Waals surface area contributed by atoms with Crippen LogP contribution in [0.4, 0.5) is 0 Å². The van der Waals surface area contributed by atoms with Crippen molar-refractivity contribution in [2.75, 3.05) is 32.7 Å². The molecule has 5 heteroatoms. The molecule has 0 spiro atoms. The van der Waals surface area contributed by atoms with E-state index in [1.54, 1.807) is 0 Å². The smallest absolute Gasteiger partial charge is 0.303 e. The number of piperidine rings is 1. The molecule has 19 heavy (non-hydrogen) atoms. The standard InChI is InChI=1S/C14H24N2O3/c1-10-3-11(2)6-16(5-10)13(17)9-15-7-12(8-15)4-14(18)19/h10-12H,3-9H2,1-2H3,(H,18,19). The SMILES string of the molecule is CC1CC(C)CN(C(=O)CN2CC(CC(=O)O)C2)C1. The molecular weight excluding hydrogens is 244 g/mol. The first-order valence-electron chi connectivity index (χ1n) is 7.16. The Bertz CT molecular complexity index is 343. The molecule has 2 aliphatic heterocycles. The van der Waals surface area contributed by atoms with Crippen molar-refractivity contribution in [1.82, 2.24) is 9.80 Å². The monoisotopic (exact) mass is 268 g/mol. The maximum Gasteiger partial charge on any atom is 0.303 e.